The van der Waals surface area contributed by atoms with Gasteiger partial charge in [-0.25, -0.2) is 0 Å². The van der Waals surface area contributed by atoms with Crippen LogP contribution in [0.5, 0.6) is 0 Å². The average Bonchev–Trinajstić information content (AvgIpc) is 2.25. The van der Waals surface area contributed by atoms with E-state index in [2.05, 4.69) is 18.0 Å². The molecule has 1 unspecified atom stereocenters. The molecule has 0 heterocycles. The molecule has 0 spiro atoms. The quantitative estimate of drug-likeness (QED) is 0.828. The number of nitrogens with zero attached hydrogens (tertiary/aromatic N) is 1. The van der Waals surface area contributed by atoms with Crippen LogP contribution < -0.4 is 5.32 Å². The number of hydrogen-bond donors (Lipinski definition) is 1. The van der Waals surface area contributed by atoms with Crippen LogP contribution in [0.1, 0.15) is 11.5 Å². The smallest absolute Gasteiger partial charge is 0.0837 e. The fourth-order valence-electron chi connectivity index (χ4n) is 1.28. The summed E-state index contributed by atoms with van der Waals surface area (Å²) in [5.41, 5.74) is 1.02. The molecule has 0 fully saturated rings. The lowest BCUT2D eigenvalue weighted by molar-refractivity contribution is 0.695. The Kier molecular flexibility index (Phi) is 4.89. The van der Waals surface area contributed by atoms with Crippen LogP contribution in [0, 0.1) is 11.3 Å². The molecule has 1 aromatic carbocycles. The Labute approximate surface area is 95.2 Å². The standard InChI is InChI=1S/C12H13ClN2/c1-10(13)8-15-9-12(7-14)11-5-3-2-4-6-11/h2-6,12,15H,1,8-9H2. The van der Waals surface area contributed by atoms with E-state index in [1.807, 2.05) is 30.3 Å². The molecular formula is C12H13ClN2. The third-order valence-electron chi connectivity index (χ3n) is 2.02. The molecule has 0 aliphatic rings. The molecule has 3 heteroatoms. The number of rotatable bonds is 5. The normalized spacial score (nSPS) is 11.7. The van der Waals surface area contributed by atoms with Gasteiger partial charge in [-0.2, -0.15) is 5.26 Å². The fraction of sp³-hybridized carbons (Fsp3) is 0.250. The molecule has 1 aromatic rings. The minimum atomic E-state index is -0.137. The van der Waals surface area contributed by atoms with Gasteiger partial charge < -0.3 is 5.32 Å². The first-order valence-electron chi connectivity index (χ1n) is 4.72. The molecule has 1 atom stereocenters. The molecule has 1 N–H and O–H groups in total. The van der Waals surface area contributed by atoms with Crippen LogP contribution in [-0.4, -0.2) is 13.1 Å². The van der Waals surface area contributed by atoms with Gasteiger partial charge in [-0.15, -0.1) is 0 Å². The van der Waals surface area contributed by atoms with E-state index in [-0.39, 0.29) is 5.92 Å². The van der Waals surface area contributed by atoms with Crippen LogP contribution in [0.15, 0.2) is 41.9 Å². The summed E-state index contributed by atoms with van der Waals surface area (Å²) in [4.78, 5) is 0. The van der Waals surface area contributed by atoms with Crippen molar-refractivity contribution in [3.63, 3.8) is 0 Å². The van der Waals surface area contributed by atoms with Crippen LogP contribution in [0.4, 0.5) is 0 Å². The van der Waals surface area contributed by atoms with Crippen molar-refractivity contribution in [1.29, 1.82) is 5.26 Å². The van der Waals surface area contributed by atoms with Crippen molar-refractivity contribution in [2.75, 3.05) is 13.1 Å². The summed E-state index contributed by atoms with van der Waals surface area (Å²) in [6.07, 6.45) is 0. The second kappa shape index (κ2) is 6.23. The molecule has 0 amide bonds. The summed E-state index contributed by atoms with van der Waals surface area (Å²) in [7, 11) is 0. The van der Waals surface area contributed by atoms with E-state index in [0.717, 1.165) is 5.56 Å². The van der Waals surface area contributed by atoms with Gasteiger partial charge in [0.1, 0.15) is 0 Å². The highest BCUT2D eigenvalue weighted by Crippen LogP contribution is 2.13. The molecule has 0 aliphatic carbocycles. The summed E-state index contributed by atoms with van der Waals surface area (Å²) in [5.74, 6) is -0.137. The first kappa shape index (κ1) is 11.8. The Morgan fingerprint density at radius 2 is 2.13 bits per heavy atom. The molecular weight excluding hydrogens is 208 g/mol. The van der Waals surface area contributed by atoms with E-state index >= 15 is 0 Å². The van der Waals surface area contributed by atoms with Crippen molar-refractivity contribution in [2.24, 2.45) is 0 Å². The maximum Gasteiger partial charge on any atom is 0.0837 e. The van der Waals surface area contributed by atoms with Crippen LogP contribution in [0.25, 0.3) is 0 Å². The molecule has 15 heavy (non-hydrogen) atoms. The van der Waals surface area contributed by atoms with Gasteiger partial charge in [0.15, 0.2) is 0 Å². The number of nitrogens with one attached hydrogen (secondary N) is 1. The molecule has 0 bridgehead atoms. The third kappa shape index (κ3) is 4.16. The molecule has 0 aromatic heterocycles. The summed E-state index contributed by atoms with van der Waals surface area (Å²) in [6.45, 7) is 4.69. The zero-order chi connectivity index (χ0) is 11.1. The number of benzene rings is 1. The lowest BCUT2D eigenvalue weighted by Gasteiger charge is -2.09. The van der Waals surface area contributed by atoms with Crippen molar-refractivity contribution < 1.29 is 0 Å². The van der Waals surface area contributed by atoms with Gasteiger partial charge in [-0.05, 0) is 5.56 Å². The van der Waals surface area contributed by atoms with E-state index in [9.17, 15) is 0 Å². The summed E-state index contributed by atoms with van der Waals surface area (Å²) in [5, 5.41) is 12.6. The molecule has 78 valence electrons. The van der Waals surface area contributed by atoms with Crippen molar-refractivity contribution in [1.82, 2.24) is 5.32 Å². The monoisotopic (exact) mass is 220 g/mol. The minimum absolute atomic E-state index is 0.137. The van der Waals surface area contributed by atoms with Gasteiger partial charge in [-0.1, -0.05) is 48.5 Å². The maximum atomic E-state index is 9.00. The summed E-state index contributed by atoms with van der Waals surface area (Å²) in [6, 6.07) is 12.0. The largest absolute Gasteiger partial charge is 0.310 e. The predicted octanol–water partition coefficient (Wildman–Crippen LogP) is 2.64. The third-order valence-corrected chi connectivity index (χ3v) is 2.16. The first-order valence-corrected chi connectivity index (χ1v) is 5.10. The van der Waals surface area contributed by atoms with Gasteiger partial charge in [-0.3, -0.25) is 0 Å². The minimum Gasteiger partial charge on any atom is -0.310 e. The first-order chi connectivity index (χ1) is 7.24. The van der Waals surface area contributed by atoms with Crippen molar-refractivity contribution in [3.05, 3.63) is 47.5 Å². The lowest BCUT2D eigenvalue weighted by Crippen LogP contribution is -2.21. The van der Waals surface area contributed by atoms with Crippen LogP contribution >= 0.6 is 11.6 Å². The molecule has 1 rings (SSSR count). The topological polar surface area (TPSA) is 35.8 Å². The van der Waals surface area contributed by atoms with E-state index in [0.29, 0.717) is 18.1 Å². The molecule has 0 saturated carbocycles. The van der Waals surface area contributed by atoms with Crippen LogP contribution in [-0.2, 0) is 0 Å². The summed E-state index contributed by atoms with van der Waals surface area (Å²) < 4.78 is 0. The molecule has 0 radical (unpaired) electrons. The molecule has 0 aliphatic heterocycles. The van der Waals surface area contributed by atoms with Crippen molar-refractivity contribution >= 4 is 11.6 Å². The predicted molar refractivity (Wildman–Crippen MR) is 62.7 cm³/mol. The van der Waals surface area contributed by atoms with Gasteiger partial charge in [0.25, 0.3) is 0 Å². The van der Waals surface area contributed by atoms with Crippen molar-refractivity contribution in [2.45, 2.75) is 5.92 Å². The van der Waals surface area contributed by atoms with E-state index < -0.39 is 0 Å². The van der Waals surface area contributed by atoms with E-state index in [4.69, 9.17) is 16.9 Å². The molecule has 0 saturated heterocycles. The molecule has 2 nitrogen and oxygen atoms in total. The number of hydrogen-bond acceptors (Lipinski definition) is 2. The lowest BCUT2D eigenvalue weighted by atomic mass is 10.0. The van der Waals surface area contributed by atoms with Crippen LogP contribution in [0.3, 0.4) is 0 Å². The Balaban J connectivity index is 2.51. The summed E-state index contributed by atoms with van der Waals surface area (Å²) >= 11 is 5.61. The zero-order valence-electron chi connectivity index (χ0n) is 8.41. The van der Waals surface area contributed by atoms with E-state index in [1.165, 1.54) is 0 Å². The number of nitriles is 1. The maximum absolute atomic E-state index is 9.00. The fourth-order valence-corrected chi connectivity index (χ4v) is 1.37. The Morgan fingerprint density at radius 1 is 1.47 bits per heavy atom. The van der Waals surface area contributed by atoms with Gasteiger partial charge in [0.2, 0.25) is 0 Å². The van der Waals surface area contributed by atoms with Crippen LogP contribution in [0.2, 0.25) is 0 Å². The Hall–Kier alpha value is -1.30. The Bertz CT molecular complexity index is 354. The highest BCUT2D eigenvalue weighted by molar-refractivity contribution is 6.29. The highest BCUT2D eigenvalue weighted by Gasteiger charge is 2.08. The second-order valence-corrected chi connectivity index (χ2v) is 3.78. The zero-order valence-corrected chi connectivity index (χ0v) is 9.17. The van der Waals surface area contributed by atoms with Gasteiger partial charge >= 0.3 is 0 Å². The van der Waals surface area contributed by atoms with E-state index in [1.54, 1.807) is 0 Å². The van der Waals surface area contributed by atoms with Gasteiger partial charge in [0.05, 0.1) is 12.0 Å². The Morgan fingerprint density at radius 3 is 2.67 bits per heavy atom. The highest BCUT2D eigenvalue weighted by atomic mass is 35.5. The average molecular weight is 221 g/mol. The van der Waals surface area contributed by atoms with Crippen molar-refractivity contribution in [3.8, 4) is 6.07 Å². The number of halogens is 1. The van der Waals surface area contributed by atoms with Gasteiger partial charge in [0, 0.05) is 18.1 Å². The second-order valence-electron chi connectivity index (χ2n) is 3.24. The SMILES string of the molecule is C=C(Cl)CNCC(C#N)c1ccccc1.